The maximum Gasteiger partial charge on any atom is 0.312 e. The van der Waals surface area contributed by atoms with Crippen LogP contribution in [0.2, 0.25) is 0 Å². The number of hydrogen-bond donors (Lipinski definition) is 2. The highest BCUT2D eigenvalue weighted by molar-refractivity contribution is 5.77. The van der Waals surface area contributed by atoms with Crippen LogP contribution in [-0.4, -0.2) is 35.0 Å². The van der Waals surface area contributed by atoms with E-state index in [2.05, 4.69) is 0 Å². The van der Waals surface area contributed by atoms with Crippen LogP contribution in [0.15, 0.2) is 0 Å². The van der Waals surface area contributed by atoms with Crippen molar-refractivity contribution in [1.82, 2.24) is 0 Å². The van der Waals surface area contributed by atoms with E-state index in [9.17, 15) is 15.0 Å². The minimum atomic E-state index is -0.981. The highest BCUT2D eigenvalue weighted by atomic mass is 16.5. The van der Waals surface area contributed by atoms with Gasteiger partial charge in [-0.1, -0.05) is 0 Å². The SMILES string of the molecule is O=C(O)C1(C2(O)CC3CCC2C3)CCOCC1. The maximum absolute atomic E-state index is 11.7. The normalized spacial score (nSPS) is 43.8. The molecule has 0 spiro atoms. The van der Waals surface area contributed by atoms with E-state index in [4.69, 9.17) is 4.74 Å². The van der Waals surface area contributed by atoms with E-state index in [1.807, 2.05) is 0 Å². The fraction of sp³-hybridized carbons (Fsp3) is 0.923. The number of aliphatic hydroxyl groups is 1. The van der Waals surface area contributed by atoms with Gasteiger partial charge in [-0.25, -0.2) is 0 Å². The zero-order valence-corrected chi connectivity index (χ0v) is 10.0. The molecule has 0 amide bonds. The van der Waals surface area contributed by atoms with E-state index < -0.39 is 17.0 Å². The summed E-state index contributed by atoms with van der Waals surface area (Å²) in [5, 5.41) is 20.6. The summed E-state index contributed by atoms with van der Waals surface area (Å²) in [6, 6.07) is 0. The molecule has 0 aromatic carbocycles. The molecule has 3 fully saturated rings. The summed E-state index contributed by atoms with van der Waals surface area (Å²) in [5.41, 5.74) is -1.93. The number of ether oxygens (including phenoxy) is 1. The van der Waals surface area contributed by atoms with Crippen molar-refractivity contribution >= 4 is 5.97 Å². The van der Waals surface area contributed by atoms with E-state index in [0.29, 0.717) is 38.4 Å². The summed E-state index contributed by atoms with van der Waals surface area (Å²) in [4.78, 5) is 11.7. The Balaban J connectivity index is 1.96. The van der Waals surface area contributed by atoms with Crippen LogP contribution in [0.5, 0.6) is 0 Å². The molecular weight excluding hydrogens is 220 g/mol. The van der Waals surface area contributed by atoms with E-state index in [1.165, 1.54) is 6.42 Å². The molecule has 17 heavy (non-hydrogen) atoms. The van der Waals surface area contributed by atoms with E-state index in [0.717, 1.165) is 12.8 Å². The number of fused-ring (bicyclic) bond motifs is 2. The first kappa shape index (κ1) is 11.5. The molecule has 2 N–H and O–H groups in total. The van der Waals surface area contributed by atoms with Crippen LogP contribution < -0.4 is 0 Å². The number of rotatable bonds is 2. The summed E-state index contributed by atoms with van der Waals surface area (Å²) < 4.78 is 5.29. The maximum atomic E-state index is 11.7. The van der Waals surface area contributed by atoms with Crippen LogP contribution in [0.25, 0.3) is 0 Å². The van der Waals surface area contributed by atoms with Gasteiger partial charge in [0.05, 0.1) is 5.60 Å². The lowest BCUT2D eigenvalue weighted by molar-refractivity contribution is -0.194. The second-order valence-electron chi connectivity index (χ2n) is 6.00. The Bertz CT molecular complexity index is 334. The largest absolute Gasteiger partial charge is 0.481 e. The first-order valence-electron chi connectivity index (χ1n) is 6.62. The summed E-state index contributed by atoms with van der Waals surface area (Å²) in [5.74, 6) is -0.0818. The molecule has 2 saturated carbocycles. The molecule has 3 aliphatic rings. The highest BCUT2D eigenvalue weighted by Gasteiger charge is 2.64. The van der Waals surface area contributed by atoms with Crippen molar-refractivity contribution < 1.29 is 19.7 Å². The quantitative estimate of drug-likeness (QED) is 0.766. The first-order valence-corrected chi connectivity index (χ1v) is 6.62. The summed E-state index contributed by atoms with van der Waals surface area (Å²) in [6.07, 6.45) is 4.79. The Hall–Kier alpha value is -0.610. The molecule has 0 aromatic rings. The van der Waals surface area contributed by atoms with Gasteiger partial charge in [0.25, 0.3) is 0 Å². The number of hydrogen-bond acceptors (Lipinski definition) is 3. The Kier molecular flexibility index (Phi) is 2.49. The standard InChI is InChI=1S/C13H20O4/c14-11(15)12(3-5-17-6-4-12)13(16)8-9-1-2-10(13)7-9/h9-10,16H,1-8H2,(H,14,15). The summed E-state index contributed by atoms with van der Waals surface area (Å²) in [7, 11) is 0. The van der Waals surface area contributed by atoms with Crippen LogP contribution in [0.1, 0.15) is 38.5 Å². The lowest BCUT2D eigenvalue weighted by atomic mass is 9.60. The third kappa shape index (κ3) is 1.40. The lowest BCUT2D eigenvalue weighted by Crippen LogP contribution is -2.58. The van der Waals surface area contributed by atoms with Crippen LogP contribution in [0.3, 0.4) is 0 Å². The Labute approximate surface area is 101 Å². The van der Waals surface area contributed by atoms with E-state index >= 15 is 0 Å². The zero-order chi connectivity index (χ0) is 12.1. The molecular formula is C13H20O4. The smallest absolute Gasteiger partial charge is 0.312 e. The van der Waals surface area contributed by atoms with Gasteiger partial charge in [-0.05, 0) is 50.4 Å². The van der Waals surface area contributed by atoms with Crippen molar-refractivity contribution in [3.63, 3.8) is 0 Å². The Morgan fingerprint density at radius 3 is 2.41 bits per heavy atom. The molecule has 1 aliphatic heterocycles. The molecule has 3 rings (SSSR count). The number of aliphatic carboxylic acids is 1. The first-order chi connectivity index (χ1) is 8.08. The molecule has 2 aliphatic carbocycles. The zero-order valence-electron chi connectivity index (χ0n) is 10.0. The molecule has 0 aromatic heterocycles. The monoisotopic (exact) mass is 240 g/mol. The predicted octanol–water partition coefficient (Wildman–Crippen LogP) is 1.42. The van der Waals surface area contributed by atoms with Gasteiger partial charge in [-0.3, -0.25) is 4.79 Å². The molecule has 3 unspecified atom stereocenters. The minimum absolute atomic E-state index is 0.196. The second kappa shape index (κ2) is 3.69. The molecule has 96 valence electrons. The van der Waals surface area contributed by atoms with Crippen LogP contribution in [-0.2, 0) is 9.53 Å². The number of carboxylic acid groups (broad SMARTS) is 1. The molecule has 1 heterocycles. The van der Waals surface area contributed by atoms with Crippen LogP contribution in [0, 0.1) is 17.3 Å². The third-order valence-electron chi connectivity index (χ3n) is 5.40. The number of carboxylic acids is 1. The lowest BCUT2D eigenvalue weighted by Gasteiger charge is -2.48. The van der Waals surface area contributed by atoms with Gasteiger partial charge in [-0.15, -0.1) is 0 Å². The van der Waals surface area contributed by atoms with Gasteiger partial charge in [0.2, 0.25) is 0 Å². The minimum Gasteiger partial charge on any atom is -0.481 e. The van der Waals surface area contributed by atoms with Crippen molar-refractivity contribution in [1.29, 1.82) is 0 Å². The summed E-state index contributed by atoms with van der Waals surface area (Å²) >= 11 is 0. The Morgan fingerprint density at radius 1 is 1.24 bits per heavy atom. The molecule has 2 bridgehead atoms. The van der Waals surface area contributed by atoms with Crippen molar-refractivity contribution in [2.75, 3.05) is 13.2 Å². The van der Waals surface area contributed by atoms with Crippen molar-refractivity contribution in [2.45, 2.75) is 44.1 Å². The summed E-state index contributed by atoms with van der Waals surface area (Å²) in [6.45, 7) is 0.929. The van der Waals surface area contributed by atoms with Crippen molar-refractivity contribution in [3.05, 3.63) is 0 Å². The van der Waals surface area contributed by atoms with Crippen LogP contribution >= 0.6 is 0 Å². The van der Waals surface area contributed by atoms with E-state index in [1.54, 1.807) is 0 Å². The fourth-order valence-electron chi connectivity index (χ4n) is 4.44. The van der Waals surface area contributed by atoms with Gasteiger partial charge < -0.3 is 14.9 Å². The van der Waals surface area contributed by atoms with Crippen molar-refractivity contribution in [2.24, 2.45) is 17.3 Å². The van der Waals surface area contributed by atoms with Gasteiger partial charge in [-0.2, -0.15) is 0 Å². The molecule has 4 heteroatoms. The fourth-order valence-corrected chi connectivity index (χ4v) is 4.44. The Morgan fingerprint density at radius 2 is 1.94 bits per heavy atom. The number of carbonyl (C=O) groups is 1. The topological polar surface area (TPSA) is 66.8 Å². The average Bonchev–Trinajstić information content (AvgIpc) is 2.90. The van der Waals surface area contributed by atoms with Crippen LogP contribution in [0.4, 0.5) is 0 Å². The molecule has 1 saturated heterocycles. The van der Waals surface area contributed by atoms with Gasteiger partial charge >= 0.3 is 5.97 Å². The molecule has 3 atom stereocenters. The van der Waals surface area contributed by atoms with E-state index in [-0.39, 0.29) is 5.92 Å². The average molecular weight is 240 g/mol. The molecule has 0 radical (unpaired) electrons. The second-order valence-corrected chi connectivity index (χ2v) is 6.00. The third-order valence-corrected chi connectivity index (χ3v) is 5.40. The predicted molar refractivity (Wildman–Crippen MR) is 60.5 cm³/mol. The van der Waals surface area contributed by atoms with Gasteiger partial charge in [0, 0.05) is 13.2 Å². The van der Waals surface area contributed by atoms with Gasteiger partial charge in [0.15, 0.2) is 0 Å². The van der Waals surface area contributed by atoms with Crippen molar-refractivity contribution in [3.8, 4) is 0 Å². The molecule has 4 nitrogen and oxygen atoms in total. The van der Waals surface area contributed by atoms with Gasteiger partial charge in [0.1, 0.15) is 5.41 Å². The highest BCUT2D eigenvalue weighted by Crippen LogP contribution is 2.60.